The molecule has 0 bridgehead atoms. The molecule has 1 heterocycles. The first kappa shape index (κ1) is 12.6. The monoisotopic (exact) mass is 269 g/mol. The summed E-state index contributed by atoms with van der Waals surface area (Å²) in [6.45, 7) is 2.46. The maximum atomic E-state index is 10.9. The van der Waals surface area contributed by atoms with Crippen molar-refractivity contribution >= 4 is 17.1 Å². The van der Waals surface area contributed by atoms with Gasteiger partial charge in [-0.25, -0.2) is 0 Å². The van der Waals surface area contributed by atoms with E-state index in [9.17, 15) is 10.1 Å². The average molecular weight is 269 g/mol. The van der Waals surface area contributed by atoms with Crippen LogP contribution < -0.4 is 10.2 Å². The van der Waals surface area contributed by atoms with Crippen LogP contribution in [0.1, 0.15) is 5.56 Å². The molecule has 5 nitrogen and oxygen atoms in total. The van der Waals surface area contributed by atoms with Crippen molar-refractivity contribution in [3.63, 3.8) is 0 Å². The van der Waals surface area contributed by atoms with Crippen LogP contribution in [0.5, 0.6) is 0 Å². The predicted molar refractivity (Wildman–Crippen MR) is 78.3 cm³/mol. The summed E-state index contributed by atoms with van der Waals surface area (Å²) in [4.78, 5) is 12.7. The molecule has 0 spiro atoms. The van der Waals surface area contributed by atoms with E-state index in [1.807, 2.05) is 18.2 Å². The van der Waals surface area contributed by atoms with Gasteiger partial charge < -0.3 is 10.2 Å². The number of anilines is 2. The van der Waals surface area contributed by atoms with Crippen molar-refractivity contribution in [2.24, 2.45) is 0 Å². The van der Waals surface area contributed by atoms with Gasteiger partial charge in [0.15, 0.2) is 0 Å². The number of para-hydroxylation sites is 1. The van der Waals surface area contributed by atoms with E-state index in [2.05, 4.69) is 22.3 Å². The van der Waals surface area contributed by atoms with Crippen molar-refractivity contribution in [3.8, 4) is 0 Å². The molecule has 0 fully saturated rings. The first-order chi connectivity index (χ1) is 9.75. The van der Waals surface area contributed by atoms with Crippen molar-refractivity contribution in [1.82, 2.24) is 5.32 Å². The Labute approximate surface area is 117 Å². The highest BCUT2D eigenvalue weighted by Gasteiger charge is 2.17. The van der Waals surface area contributed by atoms with Crippen molar-refractivity contribution in [1.29, 1.82) is 0 Å². The molecule has 1 aliphatic rings. The van der Waals surface area contributed by atoms with Crippen LogP contribution in [0.4, 0.5) is 17.1 Å². The van der Waals surface area contributed by atoms with Gasteiger partial charge >= 0.3 is 0 Å². The molecular formula is C15H15N3O2. The fourth-order valence-corrected chi connectivity index (χ4v) is 2.50. The minimum absolute atomic E-state index is 0.122. The lowest BCUT2D eigenvalue weighted by Gasteiger charge is -2.24. The number of nitro benzene ring substituents is 1. The van der Waals surface area contributed by atoms with Crippen molar-refractivity contribution < 1.29 is 4.92 Å². The molecule has 5 heteroatoms. The fourth-order valence-electron chi connectivity index (χ4n) is 2.50. The Balaban J connectivity index is 2.05. The number of non-ortho nitro benzene ring substituents is 1. The van der Waals surface area contributed by atoms with Gasteiger partial charge in [-0.3, -0.25) is 10.1 Å². The molecule has 1 N–H and O–H groups in total. The zero-order chi connectivity index (χ0) is 13.9. The molecule has 102 valence electrons. The molecule has 0 aromatic heterocycles. The Morgan fingerprint density at radius 1 is 1.15 bits per heavy atom. The summed E-state index contributed by atoms with van der Waals surface area (Å²) in [6, 6.07) is 14.9. The van der Waals surface area contributed by atoms with Crippen LogP contribution in [0.15, 0.2) is 48.5 Å². The van der Waals surface area contributed by atoms with Crippen LogP contribution in [0.2, 0.25) is 0 Å². The number of fused-ring (bicyclic) bond motifs is 1. The van der Waals surface area contributed by atoms with Crippen LogP contribution in [0.25, 0.3) is 0 Å². The Hall–Kier alpha value is -2.40. The summed E-state index contributed by atoms with van der Waals surface area (Å²) in [5.74, 6) is 0. The molecule has 0 amide bonds. The zero-order valence-corrected chi connectivity index (χ0v) is 11.0. The van der Waals surface area contributed by atoms with E-state index >= 15 is 0 Å². The molecular weight excluding hydrogens is 254 g/mol. The number of rotatable bonds is 2. The number of hydrogen-bond acceptors (Lipinski definition) is 4. The number of hydrogen-bond donors (Lipinski definition) is 1. The Kier molecular flexibility index (Phi) is 3.35. The van der Waals surface area contributed by atoms with Crippen LogP contribution in [-0.2, 0) is 6.54 Å². The Morgan fingerprint density at radius 2 is 2.00 bits per heavy atom. The fraction of sp³-hybridized carbons (Fsp3) is 0.200. The average Bonchev–Trinajstić information content (AvgIpc) is 2.69. The summed E-state index contributed by atoms with van der Waals surface area (Å²) in [7, 11) is 0. The lowest BCUT2D eigenvalue weighted by molar-refractivity contribution is -0.384. The second kappa shape index (κ2) is 5.30. The van der Waals surface area contributed by atoms with Crippen molar-refractivity contribution in [3.05, 3.63) is 64.2 Å². The lowest BCUT2D eigenvalue weighted by Crippen LogP contribution is -2.24. The summed E-state index contributed by atoms with van der Waals surface area (Å²) < 4.78 is 0. The molecule has 20 heavy (non-hydrogen) atoms. The van der Waals surface area contributed by atoms with Gasteiger partial charge in [0.2, 0.25) is 0 Å². The first-order valence-corrected chi connectivity index (χ1v) is 6.56. The van der Waals surface area contributed by atoms with Gasteiger partial charge in [0.1, 0.15) is 0 Å². The summed E-state index contributed by atoms with van der Waals surface area (Å²) in [6.07, 6.45) is 0. The van der Waals surface area contributed by atoms with Gasteiger partial charge in [-0.2, -0.15) is 0 Å². The molecule has 0 saturated carbocycles. The quantitative estimate of drug-likeness (QED) is 0.672. The number of nitrogens with one attached hydrogen (secondary N) is 1. The number of benzene rings is 2. The molecule has 0 radical (unpaired) electrons. The van der Waals surface area contributed by atoms with Gasteiger partial charge in [0, 0.05) is 43.1 Å². The van der Waals surface area contributed by atoms with Gasteiger partial charge in [-0.05, 0) is 17.7 Å². The highest BCUT2D eigenvalue weighted by atomic mass is 16.6. The molecule has 2 aromatic carbocycles. The molecule has 2 aromatic rings. The molecule has 1 aliphatic heterocycles. The maximum Gasteiger partial charge on any atom is 0.271 e. The maximum absolute atomic E-state index is 10.9. The summed E-state index contributed by atoms with van der Waals surface area (Å²) in [5, 5.41) is 14.3. The van der Waals surface area contributed by atoms with E-state index in [-0.39, 0.29) is 10.6 Å². The Bertz CT molecular complexity index is 643. The minimum atomic E-state index is -0.356. The van der Waals surface area contributed by atoms with Gasteiger partial charge in [0.25, 0.3) is 5.69 Å². The van der Waals surface area contributed by atoms with Crippen LogP contribution >= 0.6 is 0 Å². The van der Waals surface area contributed by atoms with E-state index in [0.29, 0.717) is 0 Å². The SMILES string of the molecule is O=[N+]([O-])c1cccc(N2CCNCc3ccccc32)c1. The molecule has 0 aliphatic carbocycles. The highest BCUT2D eigenvalue weighted by Crippen LogP contribution is 2.31. The minimum Gasteiger partial charge on any atom is -0.340 e. The molecule has 3 rings (SSSR count). The third-order valence-corrected chi connectivity index (χ3v) is 3.46. The molecule has 0 unspecified atom stereocenters. The molecule has 0 atom stereocenters. The van der Waals surface area contributed by atoms with Gasteiger partial charge in [0.05, 0.1) is 4.92 Å². The second-order valence-electron chi connectivity index (χ2n) is 4.73. The van der Waals surface area contributed by atoms with E-state index in [0.717, 1.165) is 31.0 Å². The number of nitrogens with zero attached hydrogens (tertiary/aromatic N) is 2. The van der Waals surface area contributed by atoms with E-state index in [4.69, 9.17) is 0 Å². The highest BCUT2D eigenvalue weighted by molar-refractivity contribution is 5.68. The van der Waals surface area contributed by atoms with Crippen LogP contribution in [0.3, 0.4) is 0 Å². The number of nitro groups is 1. The van der Waals surface area contributed by atoms with E-state index in [1.165, 1.54) is 11.6 Å². The van der Waals surface area contributed by atoms with Crippen LogP contribution in [-0.4, -0.2) is 18.0 Å². The van der Waals surface area contributed by atoms with E-state index < -0.39 is 0 Å². The largest absolute Gasteiger partial charge is 0.340 e. The predicted octanol–water partition coefficient (Wildman–Crippen LogP) is 2.84. The lowest BCUT2D eigenvalue weighted by atomic mass is 10.1. The zero-order valence-electron chi connectivity index (χ0n) is 11.0. The normalized spacial score (nSPS) is 14.5. The smallest absolute Gasteiger partial charge is 0.271 e. The summed E-state index contributed by atoms with van der Waals surface area (Å²) in [5.41, 5.74) is 3.29. The van der Waals surface area contributed by atoms with Crippen molar-refractivity contribution in [2.45, 2.75) is 6.54 Å². The summed E-state index contributed by atoms with van der Waals surface area (Å²) >= 11 is 0. The van der Waals surface area contributed by atoms with Gasteiger partial charge in [-0.1, -0.05) is 24.3 Å². The van der Waals surface area contributed by atoms with Gasteiger partial charge in [-0.15, -0.1) is 0 Å². The molecule has 0 saturated heterocycles. The van der Waals surface area contributed by atoms with E-state index in [1.54, 1.807) is 12.1 Å². The topological polar surface area (TPSA) is 58.4 Å². The van der Waals surface area contributed by atoms with Crippen molar-refractivity contribution in [2.75, 3.05) is 18.0 Å². The third-order valence-electron chi connectivity index (χ3n) is 3.46. The first-order valence-electron chi connectivity index (χ1n) is 6.56. The second-order valence-corrected chi connectivity index (χ2v) is 4.73. The van der Waals surface area contributed by atoms with Crippen LogP contribution in [0, 0.1) is 10.1 Å². The third kappa shape index (κ3) is 2.35. The Morgan fingerprint density at radius 3 is 2.85 bits per heavy atom. The standard InChI is InChI=1S/C15H15N3O2/c19-18(20)14-6-3-5-13(10-14)17-9-8-16-11-12-4-1-2-7-15(12)17/h1-7,10,16H,8-9,11H2.